The van der Waals surface area contributed by atoms with E-state index in [4.69, 9.17) is 11.6 Å². The normalized spacial score (nSPS) is 20.8. The van der Waals surface area contributed by atoms with Gasteiger partial charge >= 0.3 is 0 Å². The number of piperazine rings is 1. The topological polar surface area (TPSA) is 61.4 Å². The second kappa shape index (κ2) is 10.3. The van der Waals surface area contributed by atoms with E-state index in [2.05, 4.69) is 39.1 Å². The first-order valence-corrected chi connectivity index (χ1v) is 11.7. The molecule has 0 saturated carbocycles. The van der Waals surface area contributed by atoms with Gasteiger partial charge in [-0.1, -0.05) is 55.1 Å². The largest absolute Gasteiger partial charge is 0.351 e. The Hall–Kier alpha value is -2.70. The zero-order valence-electron chi connectivity index (χ0n) is 18.5. The molecule has 2 atom stereocenters. The number of rotatable bonds is 6. The Kier molecular flexibility index (Phi) is 7.22. The molecule has 1 aromatic carbocycles. The molecule has 2 fully saturated rings. The van der Waals surface area contributed by atoms with Crippen LogP contribution >= 0.6 is 11.6 Å². The van der Waals surface area contributed by atoms with E-state index < -0.39 is 0 Å². The Morgan fingerprint density at radius 1 is 1.22 bits per heavy atom. The zero-order chi connectivity index (χ0) is 22.5. The summed E-state index contributed by atoms with van der Waals surface area (Å²) >= 11 is 6.12. The summed E-state index contributed by atoms with van der Waals surface area (Å²) in [4.78, 5) is 16.9. The van der Waals surface area contributed by atoms with Crippen molar-refractivity contribution in [3.8, 4) is 0 Å². The summed E-state index contributed by atoms with van der Waals surface area (Å²) in [6.07, 6.45) is 9.58. The second-order valence-corrected chi connectivity index (χ2v) is 8.96. The van der Waals surface area contributed by atoms with Crippen LogP contribution in [-0.4, -0.2) is 65.1 Å². The molecular weight excluding hydrogens is 422 g/mol. The number of alkyl halides is 1. The fourth-order valence-corrected chi connectivity index (χ4v) is 4.44. The average Bonchev–Trinajstić information content (AvgIpc) is 3.36. The third kappa shape index (κ3) is 4.87. The van der Waals surface area contributed by atoms with E-state index in [-0.39, 0.29) is 17.3 Å². The van der Waals surface area contributed by atoms with Crippen molar-refractivity contribution in [2.45, 2.75) is 31.2 Å². The molecule has 2 aliphatic heterocycles. The van der Waals surface area contributed by atoms with Gasteiger partial charge in [0.15, 0.2) is 5.82 Å². The van der Waals surface area contributed by atoms with Gasteiger partial charge in [0.25, 0.3) is 0 Å². The van der Waals surface area contributed by atoms with E-state index in [9.17, 15) is 4.79 Å². The SMILES string of the molecule is C=C/C=C(\C=C/C(C)Cl)c1nnc(N2CCN(C(=O)C3CCCN3)CC2)c2ccccc12. The van der Waals surface area contributed by atoms with E-state index >= 15 is 0 Å². The van der Waals surface area contributed by atoms with Crippen LogP contribution in [0.25, 0.3) is 16.3 Å². The van der Waals surface area contributed by atoms with E-state index in [0.29, 0.717) is 13.1 Å². The van der Waals surface area contributed by atoms with Crippen LogP contribution in [0.2, 0.25) is 0 Å². The number of hydrogen-bond donors (Lipinski definition) is 1. The average molecular weight is 452 g/mol. The molecule has 1 aromatic heterocycles. The highest BCUT2D eigenvalue weighted by atomic mass is 35.5. The maximum absolute atomic E-state index is 12.7. The van der Waals surface area contributed by atoms with Crippen LogP contribution in [0, 0.1) is 0 Å². The number of nitrogens with one attached hydrogen (secondary N) is 1. The minimum absolute atomic E-state index is 0.0136. The number of allylic oxidation sites excluding steroid dienone is 5. The molecule has 4 rings (SSSR count). The van der Waals surface area contributed by atoms with Crippen molar-refractivity contribution < 1.29 is 4.79 Å². The van der Waals surface area contributed by atoms with Gasteiger partial charge in [0.05, 0.1) is 6.04 Å². The summed E-state index contributed by atoms with van der Waals surface area (Å²) in [6, 6.07) is 8.18. The van der Waals surface area contributed by atoms with Crippen molar-refractivity contribution in [2.24, 2.45) is 0 Å². The van der Waals surface area contributed by atoms with E-state index in [1.807, 2.05) is 42.2 Å². The van der Waals surface area contributed by atoms with Gasteiger partial charge < -0.3 is 15.1 Å². The highest BCUT2D eigenvalue weighted by molar-refractivity contribution is 6.21. The van der Waals surface area contributed by atoms with Crippen LogP contribution < -0.4 is 10.2 Å². The zero-order valence-corrected chi connectivity index (χ0v) is 19.3. The first kappa shape index (κ1) is 22.5. The predicted octanol–water partition coefficient (Wildman–Crippen LogP) is 3.78. The lowest BCUT2D eigenvalue weighted by atomic mass is 10.0. The van der Waals surface area contributed by atoms with Crippen LogP contribution in [0.1, 0.15) is 25.5 Å². The van der Waals surface area contributed by atoms with E-state index in [1.165, 1.54) is 0 Å². The second-order valence-electron chi connectivity index (χ2n) is 8.27. The summed E-state index contributed by atoms with van der Waals surface area (Å²) in [5.74, 6) is 1.09. The molecule has 2 aromatic rings. The number of fused-ring (bicyclic) bond motifs is 1. The number of amides is 1. The minimum Gasteiger partial charge on any atom is -0.351 e. The van der Waals surface area contributed by atoms with E-state index in [0.717, 1.165) is 60.3 Å². The summed E-state index contributed by atoms with van der Waals surface area (Å²) < 4.78 is 0. The molecule has 0 bridgehead atoms. The van der Waals surface area contributed by atoms with Crippen molar-refractivity contribution in [3.05, 3.63) is 60.8 Å². The Balaban J connectivity index is 1.58. The lowest BCUT2D eigenvalue weighted by molar-refractivity contribution is -0.133. The van der Waals surface area contributed by atoms with Crippen LogP contribution in [0.4, 0.5) is 5.82 Å². The summed E-state index contributed by atoms with van der Waals surface area (Å²) in [6.45, 7) is 9.59. The molecule has 1 amide bonds. The molecule has 1 N–H and O–H groups in total. The molecule has 2 aliphatic rings. The number of carbonyl (C=O) groups excluding carboxylic acids is 1. The summed E-state index contributed by atoms with van der Waals surface area (Å²) in [5, 5.41) is 14.5. The Morgan fingerprint density at radius 2 is 1.97 bits per heavy atom. The molecule has 2 saturated heterocycles. The van der Waals surface area contributed by atoms with Crippen LogP contribution in [0.15, 0.2) is 55.1 Å². The number of hydrogen-bond acceptors (Lipinski definition) is 5. The van der Waals surface area contributed by atoms with Crippen molar-refractivity contribution >= 4 is 39.7 Å². The maximum atomic E-state index is 12.7. The first-order valence-electron chi connectivity index (χ1n) is 11.3. The number of benzene rings is 1. The molecular formula is C25H30ClN5O. The number of nitrogens with zero attached hydrogens (tertiary/aromatic N) is 4. The van der Waals surface area contributed by atoms with E-state index in [1.54, 1.807) is 6.08 Å². The molecule has 0 radical (unpaired) electrons. The van der Waals surface area contributed by atoms with Crippen molar-refractivity contribution in [1.82, 2.24) is 20.4 Å². The highest BCUT2D eigenvalue weighted by Crippen LogP contribution is 2.30. The van der Waals surface area contributed by atoms with Crippen LogP contribution in [0.3, 0.4) is 0 Å². The first-order chi connectivity index (χ1) is 15.6. The Morgan fingerprint density at radius 3 is 2.62 bits per heavy atom. The van der Waals surface area contributed by atoms with Gasteiger partial charge in [-0.25, -0.2) is 0 Å². The molecule has 32 heavy (non-hydrogen) atoms. The standard InChI is InChI=1S/C25H30ClN5O/c1-3-7-19(12-11-18(2)26)23-20-8-4-5-9-21(20)24(29-28-23)30-14-16-31(17-15-30)25(32)22-10-6-13-27-22/h3-5,7-9,11-12,18,22,27H,1,6,10,13-17H2,2H3/b12-11-,19-7+. The van der Waals surface area contributed by atoms with Gasteiger partial charge in [-0.15, -0.1) is 21.8 Å². The van der Waals surface area contributed by atoms with Gasteiger partial charge in [-0.05, 0) is 26.3 Å². The molecule has 3 heterocycles. The summed E-state index contributed by atoms with van der Waals surface area (Å²) in [7, 11) is 0. The highest BCUT2D eigenvalue weighted by Gasteiger charge is 2.30. The number of halogens is 1. The van der Waals surface area contributed by atoms with Gasteiger partial charge in [0.2, 0.25) is 5.91 Å². The van der Waals surface area contributed by atoms with Crippen molar-refractivity contribution in [3.63, 3.8) is 0 Å². The Labute approximate surface area is 194 Å². The van der Waals surface area contributed by atoms with Gasteiger partial charge in [0, 0.05) is 47.9 Å². The fourth-order valence-electron chi connectivity index (χ4n) is 4.37. The lowest BCUT2D eigenvalue weighted by Crippen LogP contribution is -2.53. The predicted molar refractivity (Wildman–Crippen MR) is 132 cm³/mol. The molecule has 6 nitrogen and oxygen atoms in total. The molecule has 168 valence electrons. The lowest BCUT2D eigenvalue weighted by Gasteiger charge is -2.36. The van der Waals surface area contributed by atoms with Gasteiger partial charge in [-0.2, -0.15) is 0 Å². The van der Waals surface area contributed by atoms with Crippen molar-refractivity contribution in [1.29, 1.82) is 0 Å². The maximum Gasteiger partial charge on any atom is 0.239 e. The fraction of sp³-hybridized carbons (Fsp3) is 0.400. The van der Waals surface area contributed by atoms with Gasteiger partial charge in [0.1, 0.15) is 5.69 Å². The van der Waals surface area contributed by atoms with Gasteiger partial charge in [-0.3, -0.25) is 4.79 Å². The smallest absolute Gasteiger partial charge is 0.239 e. The third-order valence-corrected chi connectivity index (χ3v) is 6.17. The van der Waals surface area contributed by atoms with Crippen molar-refractivity contribution in [2.75, 3.05) is 37.6 Å². The summed E-state index contributed by atoms with van der Waals surface area (Å²) in [5.41, 5.74) is 1.72. The van der Waals surface area contributed by atoms with Crippen LogP contribution in [-0.2, 0) is 4.79 Å². The van der Waals surface area contributed by atoms with Crippen LogP contribution in [0.5, 0.6) is 0 Å². The monoisotopic (exact) mass is 451 g/mol. The quantitative estimate of drug-likeness (QED) is 0.535. The molecule has 0 aliphatic carbocycles. The number of anilines is 1. The minimum atomic E-state index is -0.0832. The third-order valence-electron chi connectivity index (χ3n) is 6.03. The molecule has 0 spiro atoms. The Bertz CT molecular complexity index is 1030. The number of aromatic nitrogens is 2. The molecule has 7 heteroatoms. The molecule has 2 unspecified atom stereocenters. The number of carbonyl (C=O) groups is 1.